The molecule has 0 aromatic carbocycles. The summed E-state index contributed by atoms with van der Waals surface area (Å²) in [7, 11) is 0. The average molecular weight is 194 g/mol. The van der Waals surface area contributed by atoms with Crippen molar-refractivity contribution in [2.75, 3.05) is 6.54 Å². The van der Waals surface area contributed by atoms with Crippen molar-refractivity contribution < 1.29 is 9.90 Å². The highest BCUT2D eigenvalue weighted by Crippen LogP contribution is 2.24. The number of rotatable bonds is 4. The SMILES string of the molecule is CC(CN)(CC(=O)O)c1ccccn1. The second-order valence-electron chi connectivity index (χ2n) is 3.55. The molecule has 4 heteroatoms. The molecule has 0 saturated heterocycles. The minimum atomic E-state index is -0.858. The number of aromatic nitrogens is 1. The molecule has 1 unspecified atom stereocenters. The van der Waals surface area contributed by atoms with Gasteiger partial charge in [0, 0.05) is 23.9 Å². The summed E-state index contributed by atoms with van der Waals surface area (Å²) in [4.78, 5) is 14.8. The van der Waals surface area contributed by atoms with Crippen LogP contribution in [-0.2, 0) is 10.2 Å². The molecule has 1 aromatic rings. The van der Waals surface area contributed by atoms with Gasteiger partial charge in [-0.05, 0) is 12.1 Å². The van der Waals surface area contributed by atoms with E-state index in [4.69, 9.17) is 10.8 Å². The first-order valence-electron chi connectivity index (χ1n) is 4.42. The highest BCUT2D eigenvalue weighted by atomic mass is 16.4. The lowest BCUT2D eigenvalue weighted by atomic mass is 9.83. The third kappa shape index (κ3) is 2.29. The minimum Gasteiger partial charge on any atom is -0.481 e. The molecule has 0 radical (unpaired) electrons. The third-order valence-corrected chi connectivity index (χ3v) is 2.28. The van der Waals surface area contributed by atoms with Gasteiger partial charge in [-0.3, -0.25) is 9.78 Å². The van der Waals surface area contributed by atoms with Crippen molar-refractivity contribution >= 4 is 5.97 Å². The van der Waals surface area contributed by atoms with Crippen LogP contribution in [0.5, 0.6) is 0 Å². The second kappa shape index (κ2) is 4.19. The lowest BCUT2D eigenvalue weighted by Crippen LogP contribution is -2.35. The van der Waals surface area contributed by atoms with Gasteiger partial charge in [0.1, 0.15) is 0 Å². The molecule has 1 heterocycles. The highest BCUT2D eigenvalue weighted by Gasteiger charge is 2.29. The Morgan fingerprint density at radius 3 is 2.79 bits per heavy atom. The lowest BCUT2D eigenvalue weighted by Gasteiger charge is -2.25. The quantitative estimate of drug-likeness (QED) is 0.742. The van der Waals surface area contributed by atoms with Gasteiger partial charge in [0.2, 0.25) is 0 Å². The van der Waals surface area contributed by atoms with Gasteiger partial charge in [-0.2, -0.15) is 0 Å². The van der Waals surface area contributed by atoms with Gasteiger partial charge >= 0.3 is 5.97 Å². The second-order valence-corrected chi connectivity index (χ2v) is 3.55. The summed E-state index contributed by atoms with van der Waals surface area (Å²) < 4.78 is 0. The van der Waals surface area contributed by atoms with Gasteiger partial charge in [0.15, 0.2) is 0 Å². The van der Waals surface area contributed by atoms with Crippen molar-refractivity contribution in [3.63, 3.8) is 0 Å². The zero-order valence-corrected chi connectivity index (χ0v) is 8.10. The number of nitrogens with zero attached hydrogens (tertiary/aromatic N) is 1. The summed E-state index contributed by atoms with van der Waals surface area (Å²) in [6.07, 6.45) is 1.64. The van der Waals surface area contributed by atoms with E-state index in [2.05, 4.69) is 4.98 Å². The molecule has 1 aromatic heterocycles. The van der Waals surface area contributed by atoms with E-state index in [0.29, 0.717) is 0 Å². The maximum absolute atomic E-state index is 10.7. The maximum atomic E-state index is 10.7. The maximum Gasteiger partial charge on any atom is 0.304 e. The van der Waals surface area contributed by atoms with Crippen LogP contribution in [0.3, 0.4) is 0 Å². The van der Waals surface area contributed by atoms with Gasteiger partial charge in [-0.15, -0.1) is 0 Å². The van der Waals surface area contributed by atoms with Gasteiger partial charge < -0.3 is 10.8 Å². The number of carboxylic acid groups (broad SMARTS) is 1. The molecule has 0 spiro atoms. The van der Waals surface area contributed by atoms with Gasteiger partial charge in [-0.1, -0.05) is 13.0 Å². The van der Waals surface area contributed by atoms with Crippen LogP contribution in [0, 0.1) is 0 Å². The Balaban J connectivity index is 2.95. The summed E-state index contributed by atoms with van der Waals surface area (Å²) in [5.74, 6) is -0.858. The Labute approximate surface area is 82.8 Å². The zero-order chi connectivity index (χ0) is 10.6. The smallest absolute Gasteiger partial charge is 0.304 e. The van der Waals surface area contributed by atoms with Crippen LogP contribution < -0.4 is 5.73 Å². The van der Waals surface area contributed by atoms with E-state index in [1.807, 2.05) is 13.0 Å². The van der Waals surface area contributed by atoms with Crippen molar-refractivity contribution in [2.45, 2.75) is 18.8 Å². The zero-order valence-electron chi connectivity index (χ0n) is 8.10. The molecule has 0 aliphatic rings. The summed E-state index contributed by atoms with van der Waals surface area (Å²) in [5.41, 5.74) is 5.73. The molecule has 0 saturated carbocycles. The standard InChI is InChI=1S/C10H14N2O2/c1-10(7-11,6-9(13)14)8-4-2-3-5-12-8/h2-5H,6-7,11H2,1H3,(H,13,14). The van der Waals surface area contributed by atoms with Crippen LogP contribution in [-0.4, -0.2) is 22.6 Å². The molecule has 0 amide bonds. The van der Waals surface area contributed by atoms with Gasteiger partial charge in [0.25, 0.3) is 0 Å². The fourth-order valence-electron chi connectivity index (χ4n) is 1.32. The van der Waals surface area contributed by atoms with Crippen LogP contribution in [0.2, 0.25) is 0 Å². The number of hydrogen-bond acceptors (Lipinski definition) is 3. The van der Waals surface area contributed by atoms with Crippen molar-refractivity contribution in [3.05, 3.63) is 30.1 Å². The van der Waals surface area contributed by atoms with Crippen LogP contribution in [0.25, 0.3) is 0 Å². The van der Waals surface area contributed by atoms with Crippen LogP contribution in [0.15, 0.2) is 24.4 Å². The largest absolute Gasteiger partial charge is 0.481 e. The van der Waals surface area contributed by atoms with E-state index >= 15 is 0 Å². The van der Waals surface area contributed by atoms with Crippen molar-refractivity contribution in [3.8, 4) is 0 Å². The predicted molar refractivity (Wildman–Crippen MR) is 52.9 cm³/mol. The number of carbonyl (C=O) groups is 1. The van der Waals surface area contributed by atoms with Crippen LogP contribution >= 0.6 is 0 Å². The molecule has 0 bridgehead atoms. The Morgan fingerprint density at radius 1 is 1.64 bits per heavy atom. The normalized spacial score (nSPS) is 14.7. The molecule has 0 fully saturated rings. The fraction of sp³-hybridized carbons (Fsp3) is 0.400. The topological polar surface area (TPSA) is 76.2 Å². The molecule has 3 N–H and O–H groups in total. The van der Waals surface area contributed by atoms with E-state index in [9.17, 15) is 4.79 Å². The van der Waals surface area contributed by atoms with E-state index in [1.165, 1.54) is 0 Å². The fourth-order valence-corrected chi connectivity index (χ4v) is 1.32. The molecule has 14 heavy (non-hydrogen) atoms. The van der Waals surface area contributed by atoms with E-state index in [0.717, 1.165) is 5.69 Å². The van der Waals surface area contributed by atoms with Crippen molar-refractivity contribution in [1.82, 2.24) is 4.98 Å². The molecular formula is C10H14N2O2. The Bertz CT molecular complexity index is 313. The average Bonchev–Trinajstić information content (AvgIpc) is 2.18. The Hall–Kier alpha value is -1.42. The summed E-state index contributed by atoms with van der Waals surface area (Å²) in [5, 5.41) is 8.76. The monoisotopic (exact) mass is 194 g/mol. The summed E-state index contributed by atoms with van der Waals surface area (Å²) in [6, 6.07) is 5.43. The number of hydrogen-bond donors (Lipinski definition) is 2. The van der Waals surface area contributed by atoms with Crippen molar-refractivity contribution in [2.24, 2.45) is 5.73 Å². The molecule has 0 aliphatic heterocycles. The number of pyridine rings is 1. The number of aliphatic carboxylic acids is 1. The van der Waals surface area contributed by atoms with E-state index in [-0.39, 0.29) is 13.0 Å². The first kappa shape index (κ1) is 10.7. The number of carboxylic acids is 1. The lowest BCUT2D eigenvalue weighted by molar-refractivity contribution is -0.138. The molecule has 4 nitrogen and oxygen atoms in total. The summed E-state index contributed by atoms with van der Waals surface area (Å²) in [6.45, 7) is 2.08. The predicted octanol–water partition coefficient (Wildman–Crippen LogP) is 0.773. The van der Waals surface area contributed by atoms with Gasteiger partial charge in [0.05, 0.1) is 6.42 Å². The van der Waals surface area contributed by atoms with Gasteiger partial charge in [-0.25, -0.2) is 0 Å². The first-order valence-corrected chi connectivity index (χ1v) is 4.42. The highest BCUT2D eigenvalue weighted by molar-refractivity contribution is 5.68. The molecule has 1 atom stereocenters. The number of nitrogens with two attached hydrogens (primary N) is 1. The molecule has 1 rings (SSSR count). The molecule has 76 valence electrons. The van der Waals surface area contributed by atoms with Crippen molar-refractivity contribution in [1.29, 1.82) is 0 Å². The van der Waals surface area contributed by atoms with Crippen LogP contribution in [0.4, 0.5) is 0 Å². The summed E-state index contributed by atoms with van der Waals surface area (Å²) >= 11 is 0. The van der Waals surface area contributed by atoms with E-state index < -0.39 is 11.4 Å². The van der Waals surface area contributed by atoms with Crippen LogP contribution in [0.1, 0.15) is 19.0 Å². The Kier molecular flexibility index (Phi) is 3.19. The first-order chi connectivity index (χ1) is 6.58. The minimum absolute atomic E-state index is 0.000509. The molecule has 0 aliphatic carbocycles. The molecular weight excluding hydrogens is 180 g/mol. The Morgan fingerprint density at radius 2 is 2.36 bits per heavy atom. The van der Waals surface area contributed by atoms with E-state index in [1.54, 1.807) is 18.3 Å². The third-order valence-electron chi connectivity index (χ3n) is 2.28.